The van der Waals surface area contributed by atoms with Crippen molar-refractivity contribution in [2.45, 2.75) is 39.4 Å². The van der Waals surface area contributed by atoms with E-state index in [9.17, 15) is 18.0 Å². The van der Waals surface area contributed by atoms with Gasteiger partial charge < -0.3 is 35.1 Å². The fraction of sp³-hybridized carbons (Fsp3) is 0.467. The normalized spacial score (nSPS) is 14.2. The van der Waals surface area contributed by atoms with Crippen LogP contribution in [0.3, 0.4) is 0 Å². The number of hydrogen-bond acceptors (Lipinski definition) is 10. The van der Waals surface area contributed by atoms with E-state index in [4.69, 9.17) is 14.2 Å². The quantitative estimate of drug-likeness (QED) is 0.333. The molecule has 1 amide bonds. The van der Waals surface area contributed by atoms with Gasteiger partial charge in [-0.1, -0.05) is 26.0 Å². The lowest BCUT2D eigenvalue weighted by molar-refractivity contribution is -0.154. The van der Waals surface area contributed by atoms with Crippen LogP contribution >= 0.6 is 0 Å². The van der Waals surface area contributed by atoms with Gasteiger partial charge in [-0.2, -0.15) is 28.1 Å². The SMILES string of the molecule is CN(C)CC(C)(C)CNC(=O)c1ccc2cc1OCCCCOc1ccc(cc1)CNc1nc(nc(OCC(F)(F)F)n1)N2. The zero-order valence-electron chi connectivity index (χ0n) is 25.3. The summed E-state index contributed by atoms with van der Waals surface area (Å²) in [6, 6.07) is 11.7. The summed E-state index contributed by atoms with van der Waals surface area (Å²) in [5.41, 5.74) is 1.49. The molecule has 0 saturated carbocycles. The number of halogens is 3. The van der Waals surface area contributed by atoms with E-state index in [1.165, 1.54) is 0 Å². The molecular formula is C30H38F3N7O4. The number of hydrogen-bond donors (Lipinski definition) is 3. The number of fused-ring (bicyclic) bond motifs is 8. The Morgan fingerprint density at radius 3 is 2.41 bits per heavy atom. The van der Waals surface area contributed by atoms with E-state index < -0.39 is 18.8 Å². The molecule has 2 aliphatic heterocycles. The minimum absolute atomic E-state index is 0.00530. The summed E-state index contributed by atoms with van der Waals surface area (Å²) >= 11 is 0. The van der Waals surface area contributed by atoms with Gasteiger partial charge in [0.2, 0.25) is 11.9 Å². The van der Waals surface area contributed by atoms with Gasteiger partial charge in [0, 0.05) is 31.4 Å². The fourth-order valence-corrected chi connectivity index (χ4v) is 4.53. The van der Waals surface area contributed by atoms with E-state index in [-0.39, 0.29) is 29.8 Å². The summed E-state index contributed by atoms with van der Waals surface area (Å²) in [4.78, 5) is 27.6. The van der Waals surface area contributed by atoms with Crippen LogP contribution in [0.5, 0.6) is 17.5 Å². The molecule has 0 atom stereocenters. The van der Waals surface area contributed by atoms with Gasteiger partial charge in [0.15, 0.2) is 6.61 Å². The van der Waals surface area contributed by atoms with Gasteiger partial charge in [0.25, 0.3) is 5.91 Å². The molecule has 3 heterocycles. The Morgan fingerprint density at radius 2 is 1.70 bits per heavy atom. The Bertz CT molecular complexity index is 1400. The van der Waals surface area contributed by atoms with Crippen LogP contribution in [-0.2, 0) is 6.54 Å². The topological polar surface area (TPSA) is 123 Å². The minimum atomic E-state index is -4.58. The fourth-order valence-electron chi connectivity index (χ4n) is 4.53. The van der Waals surface area contributed by atoms with Gasteiger partial charge >= 0.3 is 12.2 Å². The average molecular weight is 618 g/mol. The Hall–Kier alpha value is -4.33. The predicted octanol–water partition coefficient (Wildman–Crippen LogP) is 5.04. The second-order valence-electron chi connectivity index (χ2n) is 11.5. The van der Waals surface area contributed by atoms with E-state index in [2.05, 4.69) is 49.6 Å². The van der Waals surface area contributed by atoms with Crippen molar-refractivity contribution in [1.82, 2.24) is 25.2 Å². The maximum Gasteiger partial charge on any atom is 0.422 e. The highest BCUT2D eigenvalue weighted by molar-refractivity contribution is 5.97. The number of anilines is 3. The molecule has 5 rings (SSSR count). The number of nitrogens with zero attached hydrogens (tertiary/aromatic N) is 4. The van der Waals surface area contributed by atoms with Crippen LogP contribution in [-0.4, -0.2) is 78.9 Å². The standard InChI is InChI=1S/C30H38F3N7O4/c1-29(2,18-40(3)4)17-35-25(41)23-12-9-21-15-24(23)43-14-6-5-13-42-22-10-7-20(8-11-22)16-34-26-37-27(36-21)39-28(38-26)44-19-30(31,32)33/h7-12,15H,5-6,13-14,16-19H2,1-4H3,(H,35,41)(H2,34,36,37,38,39). The van der Waals surface area contributed by atoms with Gasteiger partial charge in [-0.3, -0.25) is 4.79 Å². The van der Waals surface area contributed by atoms with Gasteiger partial charge in [-0.15, -0.1) is 0 Å². The predicted molar refractivity (Wildman–Crippen MR) is 160 cm³/mol. The number of carbonyl (C=O) groups is 1. The van der Waals surface area contributed by atoms with Crippen LogP contribution in [0.15, 0.2) is 42.5 Å². The summed E-state index contributed by atoms with van der Waals surface area (Å²) in [6.45, 7) is 4.90. The third kappa shape index (κ3) is 10.4. The number of benzene rings is 2. The molecule has 238 valence electrons. The molecular weight excluding hydrogens is 579 g/mol. The van der Waals surface area contributed by atoms with Crippen molar-refractivity contribution < 1.29 is 32.2 Å². The number of alkyl halides is 3. The van der Waals surface area contributed by atoms with E-state index >= 15 is 0 Å². The molecule has 0 fully saturated rings. The lowest BCUT2D eigenvalue weighted by atomic mass is 9.93. The van der Waals surface area contributed by atoms with Crippen molar-refractivity contribution in [2.24, 2.45) is 5.41 Å². The Morgan fingerprint density at radius 1 is 1.00 bits per heavy atom. The molecule has 2 aliphatic rings. The second-order valence-corrected chi connectivity index (χ2v) is 11.5. The molecule has 0 aliphatic carbocycles. The molecule has 3 N–H and O–H groups in total. The number of rotatable bonds is 7. The van der Waals surface area contributed by atoms with E-state index in [0.29, 0.717) is 48.9 Å². The van der Waals surface area contributed by atoms with Gasteiger partial charge in [0.1, 0.15) is 11.5 Å². The monoisotopic (exact) mass is 617 g/mol. The average Bonchev–Trinajstić information content (AvgIpc) is 2.95. The van der Waals surface area contributed by atoms with Crippen LogP contribution in [0.4, 0.5) is 30.8 Å². The maximum atomic E-state index is 13.3. The maximum absolute atomic E-state index is 13.3. The Balaban J connectivity index is 1.61. The lowest BCUT2D eigenvalue weighted by Gasteiger charge is -2.28. The number of ether oxygens (including phenoxy) is 3. The zero-order chi connectivity index (χ0) is 31.7. The Kier molecular flexibility index (Phi) is 10.7. The zero-order valence-corrected chi connectivity index (χ0v) is 25.3. The molecule has 44 heavy (non-hydrogen) atoms. The highest BCUT2D eigenvalue weighted by Gasteiger charge is 2.29. The molecule has 2 aromatic carbocycles. The summed E-state index contributed by atoms with van der Waals surface area (Å²) in [5.74, 6) is 0.678. The first-order valence-corrected chi connectivity index (χ1v) is 14.2. The van der Waals surface area contributed by atoms with Gasteiger partial charge in [-0.05, 0) is 62.2 Å². The molecule has 0 spiro atoms. The van der Waals surface area contributed by atoms with E-state index in [0.717, 1.165) is 18.5 Å². The number of nitrogens with one attached hydrogen (secondary N) is 3. The van der Waals surface area contributed by atoms with Crippen molar-refractivity contribution in [1.29, 1.82) is 0 Å². The van der Waals surface area contributed by atoms with Crippen LogP contribution in [0.25, 0.3) is 0 Å². The smallest absolute Gasteiger partial charge is 0.422 e. The van der Waals surface area contributed by atoms with E-state index in [1.54, 1.807) is 18.2 Å². The molecule has 0 radical (unpaired) electrons. The van der Waals surface area contributed by atoms with Gasteiger partial charge in [-0.25, -0.2) is 0 Å². The van der Waals surface area contributed by atoms with Crippen molar-refractivity contribution in [3.63, 3.8) is 0 Å². The molecule has 0 unspecified atom stereocenters. The molecule has 3 aromatic rings. The van der Waals surface area contributed by atoms with Crippen molar-refractivity contribution in [3.8, 4) is 17.5 Å². The first kappa shape index (κ1) is 32.6. The highest BCUT2D eigenvalue weighted by atomic mass is 19.4. The van der Waals surface area contributed by atoms with Gasteiger partial charge in [0.05, 0.1) is 18.8 Å². The number of amides is 1. The first-order valence-electron chi connectivity index (χ1n) is 14.2. The summed E-state index contributed by atoms with van der Waals surface area (Å²) < 4.78 is 55.3. The molecule has 6 bridgehead atoms. The first-order chi connectivity index (χ1) is 20.8. The number of carbonyl (C=O) groups excluding carboxylic acids is 1. The highest BCUT2D eigenvalue weighted by Crippen LogP contribution is 2.27. The van der Waals surface area contributed by atoms with Crippen LogP contribution < -0.4 is 30.2 Å². The van der Waals surface area contributed by atoms with Crippen molar-refractivity contribution in [2.75, 3.05) is 57.6 Å². The lowest BCUT2D eigenvalue weighted by Crippen LogP contribution is -2.40. The Labute approximate surface area is 254 Å². The summed E-state index contributed by atoms with van der Waals surface area (Å²) in [6.07, 6.45) is -3.17. The van der Waals surface area contributed by atoms with Crippen LogP contribution in [0.1, 0.15) is 42.6 Å². The molecule has 1 aromatic heterocycles. The number of aromatic nitrogens is 3. The molecule has 0 saturated heterocycles. The third-order valence-corrected chi connectivity index (χ3v) is 6.37. The summed E-state index contributed by atoms with van der Waals surface area (Å²) in [5, 5.41) is 8.97. The van der Waals surface area contributed by atoms with Crippen LogP contribution in [0.2, 0.25) is 0 Å². The molecule has 14 heteroatoms. The van der Waals surface area contributed by atoms with Crippen LogP contribution in [0, 0.1) is 5.41 Å². The second kappa shape index (κ2) is 14.4. The van der Waals surface area contributed by atoms with Crippen molar-refractivity contribution >= 4 is 23.5 Å². The largest absolute Gasteiger partial charge is 0.494 e. The third-order valence-electron chi connectivity index (χ3n) is 6.37. The van der Waals surface area contributed by atoms with Crippen molar-refractivity contribution in [3.05, 3.63) is 53.6 Å². The summed E-state index contributed by atoms with van der Waals surface area (Å²) in [7, 11) is 3.96. The molecule has 11 nitrogen and oxygen atoms in total. The minimum Gasteiger partial charge on any atom is -0.494 e. The van der Waals surface area contributed by atoms with E-state index in [1.807, 2.05) is 38.4 Å².